The van der Waals surface area contributed by atoms with Gasteiger partial charge < -0.3 is 85.9 Å². The maximum absolute atomic E-state index is 15.8. The highest BCUT2D eigenvalue weighted by Crippen LogP contribution is 2.64. The van der Waals surface area contributed by atoms with E-state index in [2.05, 4.69) is 5.32 Å². The number of carbonyl (C=O) groups is 8. The Balaban J connectivity index is 1.17. The first-order valence-electron chi connectivity index (χ1n) is 39.5. The van der Waals surface area contributed by atoms with E-state index >= 15 is 40.7 Å². The fourth-order valence-corrected chi connectivity index (χ4v) is 13.5. The van der Waals surface area contributed by atoms with Crippen molar-refractivity contribution in [2.24, 2.45) is 0 Å². The summed E-state index contributed by atoms with van der Waals surface area (Å²) in [7, 11) is 1.24. The number of hydrogen-bond acceptors (Lipinski definition) is 24. The van der Waals surface area contributed by atoms with Gasteiger partial charge in [0.05, 0.1) is 57.7 Å². The standard InChI is InChI=1S/C87H79Cl3F17NO24/c1-48(109)35-40-59(111)126-65-63(120-44-51-25-12-5-13-26-51)70(128-72(113)55-33-20-9-21-34-55)77(132-67(65)74(115)122-46-53-29-16-7-17-30-53)129-62-60(108-78(116)80(88,89)90)75(125-58(61(62)123-49(2)110)47-118-43-50-23-10-4-11-24-50)130-66-64(121-45-52-27-14-6-15-28-52)69(127-71(112)54-31-18-8-19-32-54)76(124-57-38-36-56(117-3)37-39-57)131-68(66)73(114)119-42-22-41-79(91,92)81(93,94)82(95,96)83(97,98)84(99,100)85(101,102)86(103,104)87(105,106)107/h4-21,23-34,36-39,58,60-70,75-77H,22,35,40-47H2,1-3H3,(H,108,116)/t58-,60-,61-,62-,63+,64+,65+,66+,67+,68+,69-,70-,75+,76-,77-/m1/s1. The van der Waals surface area contributed by atoms with Crippen molar-refractivity contribution in [1.29, 1.82) is 0 Å². The molecule has 0 unspecified atom stereocenters. The number of rotatable bonds is 41. The molecular weight excluding hydrogens is 1870 g/mol. The lowest BCUT2D eigenvalue weighted by molar-refractivity contribution is -0.461. The molecule has 0 radical (unpaired) electrons. The summed E-state index contributed by atoms with van der Waals surface area (Å²) >= 11 is 19.2. The van der Waals surface area contributed by atoms with Crippen molar-refractivity contribution in [3.8, 4) is 11.5 Å². The van der Waals surface area contributed by atoms with Gasteiger partial charge in [-0.2, -0.15) is 74.6 Å². The maximum Gasteiger partial charge on any atom is 0.460 e. The number of benzene rings is 7. The summed E-state index contributed by atoms with van der Waals surface area (Å²) in [6.45, 7) is -3.18. The molecule has 10 rings (SSSR count). The molecule has 1 amide bonds. The lowest BCUT2D eigenvalue weighted by Gasteiger charge is -2.51. The predicted octanol–water partition coefficient (Wildman–Crippen LogP) is 16.0. The minimum absolute atomic E-state index is 0.137. The van der Waals surface area contributed by atoms with E-state index in [1.54, 1.807) is 78.9 Å². The number of methoxy groups -OCH3 is 1. The first kappa shape index (κ1) is 104. The number of alkyl halides is 20. The van der Waals surface area contributed by atoms with E-state index in [-0.39, 0.29) is 28.2 Å². The van der Waals surface area contributed by atoms with Gasteiger partial charge in [0.15, 0.2) is 49.2 Å². The van der Waals surface area contributed by atoms with Crippen LogP contribution in [0.15, 0.2) is 206 Å². The zero-order valence-corrected chi connectivity index (χ0v) is 71.0. The number of ketones is 1. The van der Waals surface area contributed by atoms with E-state index in [1.807, 2.05) is 0 Å². The van der Waals surface area contributed by atoms with Gasteiger partial charge >= 0.3 is 83.4 Å². The highest BCUT2D eigenvalue weighted by molar-refractivity contribution is 6.76. The Morgan fingerprint density at radius 2 is 0.818 bits per heavy atom. The van der Waals surface area contributed by atoms with Crippen molar-refractivity contribution >= 4 is 82.3 Å². The van der Waals surface area contributed by atoms with E-state index in [9.17, 15) is 72.3 Å². The predicted molar refractivity (Wildman–Crippen MR) is 421 cm³/mol. The lowest BCUT2D eigenvalue weighted by atomic mass is 9.88. The molecule has 716 valence electrons. The number of halogens is 20. The molecule has 25 nitrogen and oxygen atoms in total. The quantitative estimate of drug-likeness (QED) is 0.0122. The molecule has 45 heteroatoms. The molecule has 132 heavy (non-hydrogen) atoms. The molecule has 0 aliphatic carbocycles. The number of hydrogen-bond donors (Lipinski definition) is 1. The van der Waals surface area contributed by atoms with Crippen molar-refractivity contribution in [3.05, 3.63) is 240 Å². The zero-order chi connectivity index (χ0) is 96.5. The van der Waals surface area contributed by atoms with Crippen LogP contribution in [0.25, 0.3) is 0 Å². The molecule has 3 aliphatic rings. The average molecular weight is 1950 g/mol. The molecule has 0 aromatic heterocycles. The highest BCUT2D eigenvalue weighted by atomic mass is 35.6. The monoisotopic (exact) mass is 1950 g/mol. The second kappa shape index (κ2) is 44.1. The van der Waals surface area contributed by atoms with E-state index in [0.717, 1.165) is 13.8 Å². The van der Waals surface area contributed by atoms with E-state index in [0.29, 0.717) is 16.7 Å². The van der Waals surface area contributed by atoms with Crippen molar-refractivity contribution in [2.75, 3.05) is 20.3 Å². The molecular formula is C87H79Cl3F17NO24. The van der Waals surface area contributed by atoms with Gasteiger partial charge in [0, 0.05) is 19.8 Å². The topological polar surface area (TPSA) is 296 Å². The number of carbonyl (C=O) groups excluding carboxylic acids is 8. The normalized spacial score (nSPS) is 22.9. The van der Waals surface area contributed by atoms with Crippen LogP contribution in [-0.2, 0) is 122 Å². The Morgan fingerprint density at radius 1 is 0.402 bits per heavy atom. The molecule has 3 saturated heterocycles. The Bertz CT molecular complexity index is 5000. The van der Waals surface area contributed by atoms with E-state index in [1.165, 1.54) is 135 Å². The second-order valence-corrected chi connectivity index (χ2v) is 31.9. The Kier molecular flexibility index (Phi) is 34.6. The van der Waals surface area contributed by atoms with Crippen LogP contribution in [0.2, 0.25) is 0 Å². The van der Waals surface area contributed by atoms with Gasteiger partial charge in [-0.05, 0) is 84.1 Å². The lowest BCUT2D eigenvalue weighted by Crippen LogP contribution is -2.74. The minimum atomic E-state index is -8.97. The molecule has 7 aromatic carbocycles. The number of esters is 6. The summed E-state index contributed by atoms with van der Waals surface area (Å²) in [6, 6.07) is 46.6. The van der Waals surface area contributed by atoms with Crippen LogP contribution in [0.4, 0.5) is 74.6 Å². The zero-order valence-electron chi connectivity index (χ0n) is 68.7. The molecule has 0 bridgehead atoms. The second-order valence-electron chi connectivity index (χ2n) is 29.6. The Morgan fingerprint density at radius 3 is 1.29 bits per heavy atom. The van der Waals surface area contributed by atoms with Gasteiger partial charge in [-0.1, -0.05) is 193 Å². The van der Waals surface area contributed by atoms with Crippen LogP contribution in [0.3, 0.4) is 0 Å². The molecule has 1 N–H and O–H groups in total. The molecule has 3 aliphatic heterocycles. The summed E-state index contributed by atoms with van der Waals surface area (Å²) in [5.74, 6) is -70.2. The SMILES string of the molecule is COc1ccc(O[C@@H]2O[C@H](C(=O)OCCCC(F)(F)C(F)(F)C(F)(F)C(F)(F)C(F)(F)C(F)(F)C(F)(F)C(F)(F)F)[C@@H](O[C@@H]3O[C@H](COCc4ccccc4)[C@@H](OC(C)=O)[C@H](O[C@@H]4O[C@H](C(=O)OCc5ccccc5)[C@@H](OC(=O)CCC(C)=O)[C@H](OCc5ccccc5)[C@H]4OC(=O)c4ccccc4)[C@H]3NC(=O)C(Cl)(Cl)Cl)[C@H](OCc3ccccc3)[C@H]2OC(=O)c2ccccc2)cc1. The molecule has 7 aromatic rings. The summed E-state index contributed by atoms with van der Waals surface area (Å²) in [4.78, 5) is 116. The first-order valence-corrected chi connectivity index (χ1v) is 40.6. The number of Topliss-reactive ketones (excluding diaryl/α,β-unsaturated/α-hetero) is 1. The van der Waals surface area contributed by atoms with Gasteiger partial charge in [0.2, 0.25) is 6.29 Å². The van der Waals surface area contributed by atoms with E-state index in [4.69, 9.17) is 111 Å². The van der Waals surface area contributed by atoms with Gasteiger partial charge in [0.1, 0.15) is 60.5 Å². The summed E-state index contributed by atoms with van der Waals surface area (Å²) in [6.07, 6.45) is -48.2. The fourth-order valence-electron chi connectivity index (χ4n) is 13.4. The van der Waals surface area contributed by atoms with Crippen LogP contribution in [0, 0.1) is 0 Å². The third-order valence-electron chi connectivity index (χ3n) is 20.2. The van der Waals surface area contributed by atoms with Crippen LogP contribution >= 0.6 is 34.8 Å². The molecule has 3 fully saturated rings. The summed E-state index contributed by atoms with van der Waals surface area (Å²) < 4.78 is 345. The van der Waals surface area contributed by atoms with Crippen LogP contribution < -0.4 is 14.8 Å². The average Bonchev–Trinajstić information content (AvgIpc) is 0.692. The molecule has 15 atom stereocenters. The maximum atomic E-state index is 15.8. The third kappa shape index (κ3) is 24.7. The van der Waals surface area contributed by atoms with Crippen molar-refractivity contribution < 1.29 is 189 Å². The van der Waals surface area contributed by atoms with E-state index < -0.39 is 256 Å². The third-order valence-corrected chi connectivity index (χ3v) is 20.7. The summed E-state index contributed by atoms with van der Waals surface area (Å²) in [5, 5.41) is 2.33. The number of amides is 1. The van der Waals surface area contributed by atoms with Gasteiger partial charge in [-0.15, -0.1) is 0 Å². The smallest absolute Gasteiger partial charge is 0.460 e. The molecule has 3 heterocycles. The van der Waals surface area contributed by atoms with Crippen LogP contribution in [0.1, 0.15) is 82.5 Å². The van der Waals surface area contributed by atoms with Crippen LogP contribution in [-0.4, -0.2) is 211 Å². The van der Waals surface area contributed by atoms with Gasteiger partial charge in [-0.25, -0.2) is 19.2 Å². The largest absolute Gasteiger partial charge is 0.497 e. The number of ether oxygens (including phenoxy) is 16. The highest BCUT2D eigenvalue weighted by Gasteiger charge is 2.95. The minimum Gasteiger partial charge on any atom is -0.497 e. The van der Waals surface area contributed by atoms with Crippen molar-refractivity contribution in [3.63, 3.8) is 0 Å². The van der Waals surface area contributed by atoms with Crippen molar-refractivity contribution in [2.45, 2.75) is 209 Å². The Hall–Kier alpha value is -10.5. The van der Waals surface area contributed by atoms with Crippen LogP contribution in [0.5, 0.6) is 11.5 Å². The van der Waals surface area contributed by atoms with Gasteiger partial charge in [0.25, 0.3) is 9.70 Å². The molecule has 0 spiro atoms. The number of nitrogens with one attached hydrogen (secondary N) is 1. The fraction of sp³-hybridized carbons (Fsp3) is 0.425. The first-order chi connectivity index (χ1) is 62.1. The van der Waals surface area contributed by atoms with Gasteiger partial charge in [-0.3, -0.25) is 14.4 Å². The van der Waals surface area contributed by atoms with Crippen molar-refractivity contribution in [1.82, 2.24) is 5.32 Å². The molecule has 0 saturated carbocycles. The Labute approximate surface area is 754 Å². The summed E-state index contributed by atoms with van der Waals surface area (Å²) in [5.41, 5.74) is 0.724.